The van der Waals surface area contributed by atoms with Crippen molar-refractivity contribution >= 4 is 11.6 Å². The molecule has 1 aromatic heterocycles. The van der Waals surface area contributed by atoms with Gasteiger partial charge in [-0.25, -0.2) is 9.37 Å². The Bertz CT molecular complexity index is 571. The predicted molar refractivity (Wildman–Crippen MR) is 71.7 cm³/mol. The van der Waals surface area contributed by atoms with Crippen molar-refractivity contribution in [3.63, 3.8) is 0 Å². The zero-order chi connectivity index (χ0) is 13.8. The summed E-state index contributed by atoms with van der Waals surface area (Å²) in [4.78, 5) is 4.08. The van der Waals surface area contributed by atoms with Crippen molar-refractivity contribution in [1.82, 2.24) is 14.9 Å². The number of halogens is 2. The van der Waals surface area contributed by atoms with E-state index < -0.39 is 0 Å². The molecule has 19 heavy (non-hydrogen) atoms. The third-order valence-corrected chi connectivity index (χ3v) is 3.11. The summed E-state index contributed by atoms with van der Waals surface area (Å²) in [7, 11) is 3.59. The molecule has 1 N–H and O–H groups in total. The number of aromatic nitrogens is 2. The summed E-state index contributed by atoms with van der Waals surface area (Å²) in [6.07, 6.45) is 1.53. The second kappa shape index (κ2) is 6.04. The van der Waals surface area contributed by atoms with Crippen molar-refractivity contribution in [2.75, 3.05) is 7.05 Å². The Morgan fingerprint density at radius 2 is 2.26 bits per heavy atom. The van der Waals surface area contributed by atoms with Gasteiger partial charge in [0, 0.05) is 13.6 Å². The zero-order valence-corrected chi connectivity index (χ0v) is 11.5. The molecule has 0 bridgehead atoms. The Balaban J connectivity index is 2.05. The summed E-state index contributed by atoms with van der Waals surface area (Å²) in [5.74, 6) is 0.468. The van der Waals surface area contributed by atoms with Crippen LogP contribution in [0.2, 0.25) is 5.15 Å². The Kier molecular flexibility index (Phi) is 4.39. The lowest BCUT2D eigenvalue weighted by Crippen LogP contribution is -2.07. The summed E-state index contributed by atoms with van der Waals surface area (Å²) < 4.78 is 20.9. The van der Waals surface area contributed by atoms with Crippen LogP contribution in [0.25, 0.3) is 0 Å². The molecule has 0 aliphatic heterocycles. The quantitative estimate of drug-likeness (QED) is 0.916. The van der Waals surface area contributed by atoms with Gasteiger partial charge in [0.05, 0.1) is 6.20 Å². The standard InChI is InChI=1S/C13H15ClFN3O/c1-16-6-9-3-4-11(10(15)5-9)19-8-13-17-7-12(14)18(13)2/h3-5,7,16H,6,8H2,1-2H3. The average Bonchev–Trinajstić information content (AvgIpc) is 2.70. The molecule has 102 valence electrons. The third-order valence-electron chi connectivity index (χ3n) is 2.76. The first kappa shape index (κ1) is 13.8. The predicted octanol–water partition coefficient (Wildman–Crippen LogP) is 2.51. The number of ether oxygens (including phenoxy) is 1. The number of hydrogen-bond acceptors (Lipinski definition) is 3. The van der Waals surface area contributed by atoms with E-state index in [2.05, 4.69) is 10.3 Å². The second-order valence-corrected chi connectivity index (χ2v) is 4.53. The summed E-state index contributed by atoms with van der Waals surface area (Å²) in [6, 6.07) is 4.89. The molecule has 2 rings (SSSR count). The van der Waals surface area contributed by atoms with E-state index >= 15 is 0 Å². The monoisotopic (exact) mass is 283 g/mol. The molecule has 0 radical (unpaired) electrons. The van der Waals surface area contributed by atoms with E-state index in [0.29, 0.717) is 17.5 Å². The number of hydrogen-bond donors (Lipinski definition) is 1. The van der Waals surface area contributed by atoms with Crippen LogP contribution in [0.15, 0.2) is 24.4 Å². The average molecular weight is 284 g/mol. The van der Waals surface area contributed by atoms with Crippen LogP contribution in [0.1, 0.15) is 11.4 Å². The molecule has 0 saturated heterocycles. The van der Waals surface area contributed by atoms with Crippen LogP contribution >= 0.6 is 11.6 Å². The molecule has 1 heterocycles. The number of nitrogens with one attached hydrogen (secondary N) is 1. The Morgan fingerprint density at radius 3 is 2.84 bits per heavy atom. The maximum Gasteiger partial charge on any atom is 0.165 e. The van der Waals surface area contributed by atoms with Gasteiger partial charge in [0.1, 0.15) is 17.6 Å². The van der Waals surface area contributed by atoms with Crippen LogP contribution in [-0.4, -0.2) is 16.6 Å². The van der Waals surface area contributed by atoms with E-state index in [4.69, 9.17) is 16.3 Å². The van der Waals surface area contributed by atoms with Gasteiger partial charge in [-0.05, 0) is 24.7 Å². The molecule has 0 unspecified atom stereocenters. The molecule has 2 aromatic rings. The highest BCUT2D eigenvalue weighted by Crippen LogP contribution is 2.20. The van der Waals surface area contributed by atoms with Gasteiger partial charge in [0.2, 0.25) is 0 Å². The second-order valence-electron chi connectivity index (χ2n) is 4.14. The molecule has 0 fully saturated rings. The van der Waals surface area contributed by atoms with Crippen molar-refractivity contribution < 1.29 is 9.13 Å². The van der Waals surface area contributed by atoms with Gasteiger partial charge < -0.3 is 14.6 Å². The van der Waals surface area contributed by atoms with Crippen LogP contribution < -0.4 is 10.1 Å². The van der Waals surface area contributed by atoms with Crippen LogP contribution in [0.3, 0.4) is 0 Å². The lowest BCUT2D eigenvalue weighted by atomic mass is 10.2. The first-order valence-corrected chi connectivity index (χ1v) is 6.21. The Labute approximate surface area is 116 Å². The van der Waals surface area contributed by atoms with Gasteiger partial charge in [-0.15, -0.1) is 0 Å². The molecule has 0 atom stereocenters. The molecule has 1 aromatic carbocycles. The normalized spacial score (nSPS) is 10.7. The molecular weight excluding hydrogens is 269 g/mol. The Hall–Kier alpha value is -1.59. The molecule has 0 spiro atoms. The summed E-state index contributed by atoms with van der Waals surface area (Å²) in [5, 5.41) is 3.48. The first-order valence-electron chi connectivity index (χ1n) is 5.83. The van der Waals surface area contributed by atoms with Gasteiger partial charge in [0.25, 0.3) is 0 Å². The highest BCUT2D eigenvalue weighted by atomic mass is 35.5. The molecule has 6 heteroatoms. The van der Waals surface area contributed by atoms with E-state index in [1.165, 1.54) is 12.3 Å². The summed E-state index contributed by atoms with van der Waals surface area (Å²) >= 11 is 5.86. The van der Waals surface area contributed by atoms with E-state index in [0.717, 1.165) is 5.56 Å². The van der Waals surface area contributed by atoms with Crippen LogP contribution in [0.5, 0.6) is 5.75 Å². The van der Waals surface area contributed by atoms with Gasteiger partial charge in [-0.1, -0.05) is 17.7 Å². The lowest BCUT2D eigenvalue weighted by Gasteiger charge is -2.09. The maximum absolute atomic E-state index is 13.8. The molecule has 4 nitrogen and oxygen atoms in total. The van der Waals surface area contributed by atoms with Crippen molar-refractivity contribution in [1.29, 1.82) is 0 Å². The van der Waals surface area contributed by atoms with Crippen molar-refractivity contribution in [2.45, 2.75) is 13.2 Å². The fourth-order valence-electron chi connectivity index (χ4n) is 1.68. The van der Waals surface area contributed by atoms with Crippen LogP contribution in [0.4, 0.5) is 4.39 Å². The van der Waals surface area contributed by atoms with Crippen molar-refractivity contribution in [3.05, 3.63) is 46.8 Å². The fourth-order valence-corrected chi connectivity index (χ4v) is 1.82. The van der Waals surface area contributed by atoms with Gasteiger partial charge in [0.15, 0.2) is 11.6 Å². The molecule has 0 saturated carbocycles. The van der Waals surface area contributed by atoms with E-state index in [1.807, 2.05) is 13.1 Å². The molecule has 0 aliphatic carbocycles. The van der Waals surface area contributed by atoms with Crippen molar-refractivity contribution in [3.8, 4) is 5.75 Å². The first-order chi connectivity index (χ1) is 9.11. The van der Waals surface area contributed by atoms with E-state index in [1.54, 1.807) is 17.7 Å². The SMILES string of the molecule is CNCc1ccc(OCc2ncc(Cl)n2C)c(F)c1. The van der Waals surface area contributed by atoms with Crippen LogP contribution in [-0.2, 0) is 20.2 Å². The van der Waals surface area contributed by atoms with Gasteiger partial charge in [-0.3, -0.25) is 0 Å². The number of rotatable bonds is 5. The van der Waals surface area contributed by atoms with Crippen LogP contribution in [0, 0.1) is 5.82 Å². The number of nitrogens with zero attached hydrogens (tertiary/aromatic N) is 2. The minimum atomic E-state index is -0.381. The fraction of sp³-hybridized carbons (Fsp3) is 0.308. The minimum absolute atomic E-state index is 0.172. The van der Waals surface area contributed by atoms with Gasteiger partial charge in [-0.2, -0.15) is 0 Å². The number of benzene rings is 1. The smallest absolute Gasteiger partial charge is 0.165 e. The maximum atomic E-state index is 13.8. The Morgan fingerprint density at radius 1 is 1.47 bits per heavy atom. The molecule has 0 amide bonds. The summed E-state index contributed by atoms with van der Waals surface area (Å²) in [6.45, 7) is 0.789. The molecular formula is C13H15ClFN3O. The minimum Gasteiger partial charge on any atom is -0.483 e. The highest BCUT2D eigenvalue weighted by Gasteiger charge is 2.08. The third kappa shape index (κ3) is 3.24. The summed E-state index contributed by atoms with van der Waals surface area (Å²) in [5.41, 5.74) is 0.868. The molecule has 0 aliphatic rings. The zero-order valence-electron chi connectivity index (χ0n) is 10.8. The van der Waals surface area contributed by atoms with Gasteiger partial charge >= 0.3 is 0 Å². The number of imidazole rings is 1. The largest absolute Gasteiger partial charge is 0.483 e. The topological polar surface area (TPSA) is 39.1 Å². The van der Waals surface area contributed by atoms with Crippen molar-refractivity contribution in [2.24, 2.45) is 7.05 Å². The lowest BCUT2D eigenvalue weighted by molar-refractivity contribution is 0.277. The van der Waals surface area contributed by atoms with E-state index in [-0.39, 0.29) is 18.2 Å². The highest BCUT2D eigenvalue weighted by molar-refractivity contribution is 6.29. The van der Waals surface area contributed by atoms with E-state index in [9.17, 15) is 4.39 Å².